The number of carbonyl (C=O) groups excluding carboxylic acids is 1. The number of halogens is 3. The molecule has 6 nitrogen and oxygen atoms in total. The van der Waals surface area contributed by atoms with Gasteiger partial charge in [0.25, 0.3) is 0 Å². The largest absolute Gasteiger partial charge is 0.492 e. The Morgan fingerprint density at radius 2 is 1.83 bits per heavy atom. The SMILES string of the molecule is O=C(/C=C/c1ccccc1)NCCOc1ccc(-c2noc(C(F)(F)F)n2)cc1. The second-order valence-corrected chi connectivity index (χ2v) is 5.83. The van der Waals surface area contributed by atoms with Crippen molar-refractivity contribution in [3.8, 4) is 17.1 Å². The van der Waals surface area contributed by atoms with Gasteiger partial charge in [-0.1, -0.05) is 35.5 Å². The summed E-state index contributed by atoms with van der Waals surface area (Å²) in [5.74, 6) is -1.32. The van der Waals surface area contributed by atoms with Crippen LogP contribution in [0.1, 0.15) is 11.5 Å². The van der Waals surface area contributed by atoms with Crippen LogP contribution in [0.2, 0.25) is 0 Å². The van der Waals surface area contributed by atoms with Crippen molar-refractivity contribution in [3.63, 3.8) is 0 Å². The lowest BCUT2D eigenvalue weighted by atomic mass is 10.2. The maximum atomic E-state index is 12.5. The van der Waals surface area contributed by atoms with E-state index in [2.05, 4.69) is 20.0 Å². The van der Waals surface area contributed by atoms with Crippen LogP contribution in [0, 0.1) is 0 Å². The topological polar surface area (TPSA) is 77.2 Å². The lowest BCUT2D eigenvalue weighted by Gasteiger charge is -2.07. The number of alkyl halides is 3. The molecule has 3 rings (SSSR count). The van der Waals surface area contributed by atoms with Gasteiger partial charge in [-0.15, -0.1) is 0 Å². The van der Waals surface area contributed by atoms with Gasteiger partial charge in [-0.3, -0.25) is 4.79 Å². The number of ether oxygens (including phenoxy) is 1. The predicted molar refractivity (Wildman–Crippen MR) is 98.7 cm³/mol. The van der Waals surface area contributed by atoms with Gasteiger partial charge in [0.1, 0.15) is 12.4 Å². The molecule has 0 bridgehead atoms. The highest BCUT2D eigenvalue weighted by Crippen LogP contribution is 2.29. The van der Waals surface area contributed by atoms with Crippen molar-refractivity contribution in [1.29, 1.82) is 0 Å². The van der Waals surface area contributed by atoms with Crippen molar-refractivity contribution in [3.05, 3.63) is 72.1 Å². The fraction of sp³-hybridized carbons (Fsp3) is 0.150. The normalized spacial score (nSPS) is 11.6. The predicted octanol–water partition coefficient (Wildman–Crippen LogP) is 3.96. The Morgan fingerprint density at radius 1 is 1.10 bits per heavy atom. The van der Waals surface area contributed by atoms with Gasteiger partial charge < -0.3 is 14.6 Å². The molecule has 0 saturated heterocycles. The van der Waals surface area contributed by atoms with E-state index in [4.69, 9.17) is 4.74 Å². The first-order chi connectivity index (χ1) is 13.9. The van der Waals surface area contributed by atoms with Gasteiger partial charge in [0.05, 0.1) is 6.54 Å². The molecule has 0 fully saturated rings. The smallest absolute Gasteiger partial charge is 0.471 e. The number of rotatable bonds is 7. The van der Waals surface area contributed by atoms with E-state index in [0.29, 0.717) is 17.9 Å². The van der Waals surface area contributed by atoms with Crippen LogP contribution < -0.4 is 10.1 Å². The first-order valence-corrected chi connectivity index (χ1v) is 8.57. The average molecular weight is 403 g/mol. The molecular weight excluding hydrogens is 387 g/mol. The van der Waals surface area contributed by atoms with E-state index in [-0.39, 0.29) is 18.3 Å². The fourth-order valence-corrected chi connectivity index (χ4v) is 2.29. The van der Waals surface area contributed by atoms with Crippen LogP contribution >= 0.6 is 0 Å². The minimum Gasteiger partial charge on any atom is -0.492 e. The van der Waals surface area contributed by atoms with E-state index in [9.17, 15) is 18.0 Å². The monoisotopic (exact) mass is 403 g/mol. The van der Waals surface area contributed by atoms with Crippen LogP contribution in [0.4, 0.5) is 13.2 Å². The molecule has 150 valence electrons. The molecule has 0 saturated carbocycles. The molecule has 0 radical (unpaired) electrons. The Labute approximate surface area is 164 Å². The van der Waals surface area contributed by atoms with Crippen molar-refractivity contribution in [2.45, 2.75) is 6.18 Å². The highest BCUT2D eigenvalue weighted by Gasteiger charge is 2.38. The van der Waals surface area contributed by atoms with Crippen LogP contribution in [0.25, 0.3) is 17.5 Å². The zero-order valence-corrected chi connectivity index (χ0v) is 15.0. The zero-order chi connectivity index (χ0) is 20.7. The number of benzene rings is 2. The quantitative estimate of drug-likeness (QED) is 0.477. The molecule has 1 heterocycles. The van der Waals surface area contributed by atoms with Gasteiger partial charge in [0.2, 0.25) is 11.7 Å². The third-order valence-electron chi connectivity index (χ3n) is 3.68. The summed E-state index contributed by atoms with van der Waals surface area (Å²) < 4.78 is 47.2. The Morgan fingerprint density at radius 3 is 2.48 bits per heavy atom. The second-order valence-electron chi connectivity index (χ2n) is 5.83. The van der Waals surface area contributed by atoms with Gasteiger partial charge in [-0.05, 0) is 35.9 Å². The maximum Gasteiger partial charge on any atom is 0.471 e. The summed E-state index contributed by atoms with van der Waals surface area (Å²) >= 11 is 0. The van der Waals surface area contributed by atoms with E-state index in [1.54, 1.807) is 18.2 Å². The molecule has 0 spiro atoms. The first-order valence-electron chi connectivity index (χ1n) is 8.57. The van der Waals surface area contributed by atoms with E-state index >= 15 is 0 Å². The first kappa shape index (κ1) is 20.1. The number of aromatic nitrogens is 2. The summed E-state index contributed by atoms with van der Waals surface area (Å²) in [5, 5.41) is 6.00. The van der Waals surface area contributed by atoms with Crippen molar-refractivity contribution in [2.24, 2.45) is 0 Å². The van der Waals surface area contributed by atoms with Crippen molar-refractivity contribution >= 4 is 12.0 Å². The van der Waals surface area contributed by atoms with Gasteiger partial charge in [0, 0.05) is 11.6 Å². The molecule has 3 aromatic rings. The van der Waals surface area contributed by atoms with Gasteiger partial charge in [-0.25, -0.2) is 0 Å². The van der Waals surface area contributed by atoms with Crippen LogP contribution in [0.5, 0.6) is 5.75 Å². The fourth-order valence-electron chi connectivity index (χ4n) is 2.29. The second kappa shape index (κ2) is 9.05. The molecule has 9 heteroatoms. The van der Waals surface area contributed by atoms with Crippen LogP contribution in [0.15, 0.2) is 65.2 Å². The molecule has 0 atom stereocenters. The van der Waals surface area contributed by atoms with Gasteiger partial charge in [-0.2, -0.15) is 18.2 Å². The number of hydrogen-bond acceptors (Lipinski definition) is 5. The zero-order valence-electron chi connectivity index (χ0n) is 15.0. The van der Waals surface area contributed by atoms with E-state index in [1.807, 2.05) is 30.3 Å². The van der Waals surface area contributed by atoms with Crippen LogP contribution in [-0.2, 0) is 11.0 Å². The summed E-state index contributed by atoms with van der Waals surface area (Å²) in [4.78, 5) is 15.1. The lowest BCUT2D eigenvalue weighted by molar-refractivity contribution is -0.159. The Hall–Kier alpha value is -3.62. The van der Waals surface area contributed by atoms with Crippen molar-refractivity contribution < 1.29 is 27.2 Å². The third kappa shape index (κ3) is 5.93. The van der Waals surface area contributed by atoms with Crippen LogP contribution in [-0.4, -0.2) is 29.2 Å². The standard InChI is InChI=1S/C20H16F3N3O3/c21-20(22,23)19-25-18(26-29-19)15-7-9-16(10-8-15)28-13-12-24-17(27)11-6-14-4-2-1-3-5-14/h1-11H,12-13H2,(H,24,27)/b11-6+. The van der Waals surface area contributed by atoms with E-state index in [0.717, 1.165) is 5.56 Å². The average Bonchev–Trinajstić information content (AvgIpc) is 3.22. The summed E-state index contributed by atoms with van der Waals surface area (Å²) in [6, 6.07) is 15.6. The summed E-state index contributed by atoms with van der Waals surface area (Å²) in [6.07, 6.45) is -1.55. The minimum atomic E-state index is -4.69. The summed E-state index contributed by atoms with van der Waals surface area (Å²) in [6.45, 7) is 0.518. The van der Waals surface area contributed by atoms with Crippen molar-refractivity contribution in [2.75, 3.05) is 13.2 Å². The number of nitrogens with one attached hydrogen (secondary N) is 1. The number of amides is 1. The third-order valence-corrected chi connectivity index (χ3v) is 3.68. The molecule has 0 aliphatic heterocycles. The Balaban J connectivity index is 1.44. The number of hydrogen-bond donors (Lipinski definition) is 1. The van der Waals surface area contributed by atoms with Crippen LogP contribution in [0.3, 0.4) is 0 Å². The summed E-state index contributed by atoms with van der Waals surface area (Å²) in [7, 11) is 0. The highest BCUT2D eigenvalue weighted by molar-refractivity contribution is 5.91. The molecule has 1 amide bonds. The number of nitrogens with zero attached hydrogens (tertiary/aromatic N) is 2. The molecule has 2 aromatic carbocycles. The molecule has 0 aliphatic rings. The lowest BCUT2D eigenvalue weighted by Crippen LogP contribution is -2.26. The number of carbonyl (C=O) groups is 1. The van der Waals surface area contributed by atoms with Crippen molar-refractivity contribution in [1.82, 2.24) is 15.5 Å². The minimum absolute atomic E-state index is 0.165. The Kier molecular flexibility index (Phi) is 6.28. The Bertz CT molecular complexity index is 968. The molecular formula is C20H16F3N3O3. The van der Waals surface area contributed by atoms with Gasteiger partial charge in [0.15, 0.2) is 0 Å². The molecule has 1 aromatic heterocycles. The molecule has 0 unspecified atom stereocenters. The molecule has 0 aliphatic carbocycles. The van der Waals surface area contributed by atoms with E-state index < -0.39 is 12.1 Å². The summed E-state index contributed by atoms with van der Waals surface area (Å²) in [5.41, 5.74) is 1.28. The van der Waals surface area contributed by atoms with Gasteiger partial charge >= 0.3 is 12.1 Å². The van der Waals surface area contributed by atoms with E-state index in [1.165, 1.54) is 18.2 Å². The molecule has 29 heavy (non-hydrogen) atoms. The molecule has 1 N–H and O–H groups in total. The highest BCUT2D eigenvalue weighted by atomic mass is 19.4. The maximum absolute atomic E-state index is 12.5.